The molecule has 128 valence electrons. The number of nitrogens with zero attached hydrogens (tertiary/aromatic N) is 2. The third-order valence-electron chi connectivity index (χ3n) is 4.88. The number of rotatable bonds is 3. The molecule has 3 aromatic rings. The highest BCUT2D eigenvalue weighted by Crippen LogP contribution is 2.33. The number of para-hydroxylation sites is 1. The molecule has 1 unspecified atom stereocenters. The number of hydrogen-bond acceptors (Lipinski definition) is 3. The van der Waals surface area contributed by atoms with Crippen LogP contribution in [0.1, 0.15) is 23.6 Å². The van der Waals surface area contributed by atoms with Crippen molar-refractivity contribution in [1.29, 1.82) is 0 Å². The summed E-state index contributed by atoms with van der Waals surface area (Å²) in [4.78, 5) is 6.95. The second kappa shape index (κ2) is 7.30. The molecule has 1 saturated heterocycles. The molecule has 3 nitrogen and oxygen atoms in total. The summed E-state index contributed by atoms with van der Waals surface area (Å²) in [6.07, 6.45) is 2.95. The zero-order valence-electron chi connectivity index (χ0n) is 14.2. The van der Waals surface area contributed by atoms with E-state index in [-0.39, 0.29) is 11.9 Å². The summed E-state index contributed by atoms with van der Waals surface area (Å²) in [7, 11) is 0. The molecule has 1 atom stereocenters. The van der Waals surface area contributed by atoms with Crippen molar-refractivity contribution in [3.05, 3.63) is 77.7 Å². The van der Waals surface area contributed by atoms with Crippen molar-refractivity contribution in [2.75, 3.05) is 26.2 Å². The maximum absolute atomic E-state index is 14.0. The fraction of sp³-hybridized carbons (Fsp3) is 0.286. The van der Waals surface area contributed by atoms with Gasteiger partial charge in [-0.25, -0.2) is 4.39 Å². The van der Waals surface area contributed by atoms with E-state index in [1.807, 2.05) is 30.5 Å². The lowest BCUT2D eigenvalue weighted by atomic mass is 9.94. The molecule has 25 heavy (non-hydrogen) atoms. The summed E-state index contributed by atoms with van der Waals surface area (Å²) in [5.41, 5.74) is 3.17. The topological polar surface area (TPSA) is 28.2 Å². The van der Waals surface area contributed by atoms with E-state index in [0.717, 1.165) is 49.1 Å². The van der Waals surface area contributed by atoms with Crippen LogP contribution in [0, 0.1) is 5.82 Å². The lowest BCUT2D eigenvalue weighted by Gasteiger charge is -2.32. The summed E-state index contributed by atoms with van der Waals surface area (Å²) in [5.74, 6) is -0.186. The first kappa shape index (κ1) is 16.2. The predicted octanol–water partition coefficient (Wildman–Crippen LogP) is 3.76. The zero-order valence-corrected chi connectivity index (χ0v) is 14.2. The smallest absolute Gasteiger partial charge is 0.123 e. The molecule has 1 aliphatic heterocycles. The maximum Gasteiger partial charge on any atom is 0.123 e. The number of aromatic nitrogens is 1. The number of fused-ring (bicyclic) bond motifs is 1. The van der Waals surface area contributed by atoms with Gasteiger partial charge >= 0.3 is 0 Å². The van der Waals surface area contributed by atoms with Crippen molar-refractivity contribution >= 4 is 10.9 Å². The number of pyridine rings is 1. The molecule has 0 aliphatic carbocycles. The van der Waals surface area contributed by atoms with Crippen molar-refractivity contribution in [3.63, 3.8) is 0 Å². The molecule has 1 N–H and O–H groups in total. The van der Waals surface area contributed by atoms with Gasteiger partial charge < -0.3 is 5.32 Å². The average Bonchev–Trinajstić information content (AvgIpc) is 2.92. The van der Waals surface area contributed by atoms with E-state index in [1.165, 1.54) is 11.6 Å². The van der Waals surface area contributed by atoms with Crippen molar-refractivity contribution < 1.29 is 4.39 Å². The Hall–Kier alpha value is -2.30. The summed E-state index contributed by atoms with van der Waals surface area (Å²) in [6.45, 7) is 3.92. The van der Waals surface area contributed by atoms with Crippen LogP contribution in [0.15, 0.2) is 60.8 Å². The van der Waals surface area contributed by atoms with Crippen molar-refractivity contribution in [2.24, 2.45) is 0 Å². The molecule has 2 aromatic carbocycles. The van der Waals surface area contributed by atoms with Gasteiger partial charge in [-0.05, 0) is 48.4 Å². The maximum atomic E-state index is 14.0. The molecular weight excluding hydrogens is 313 g/mol. The number of benzene rings is 2. The number of nitrogens with one attached hydrogen (secondary N) is 1. The SMILES string of the molecule is Fc1cccc(C(c2ccnc3ccccc23)N2CCCNCC2)c1. The molecule has 0 saturated carbocycles. The first-order valence-electron chi connectivity index (χ1n) is 8.87. The normalized spacial score (nSPS) is 17.3. The molecule has 1 aliphatic rings. The minimum Gasteiger partial charge on any atom is -0.315 e. The Morgan fingerprint density at radius 3 is 2.84 bits per heavy atom. The Morgan fingerprint density at radius 1 is 1.00 bits per heavy atom. The standard InChI is InChI=1S/C21H22FN3/c22-17-6-3-5-16(15-17)21(25-13-4-10-23-12-14-25)19-9-11-24-20-8-2-1-7-18(19)20/h1-3,5-9,11,15,21,23H,4,10,12-14H2. The molecule has 2 heterocycles. The van der Waals surface area contributed by atoms with Gasteiger partial charge in [-0.1, -0.05) is 30.3 Å². The second-order valence-corrected chi connectivity index (χ2v) is 6.51. The Morgan fingerprint density at radius 2 is 1.92 bits per heavy atom. The van der Waals surface area contributed by atoms with Crippen LogP contribution in [-0.4, -0.2) is 36.1 Å². The van der Waals surface area contributed by atoms with Gasteiger partial charge in [-0.3, -0.25) is 9.88 Å². The van der Waals surface area contributed by atoms with Crippen LogP contribution < -0.4 is 5.32 Å². The third-order valence-corrected chi connectivity index (χ3v) is 4.88. The number of hydrogen-bond donors (Lipinski definition) is 1. The van der Waals surface area contributed by atoms with Gasteiger partial charge in [0.1, 0.15) is 5.82 Å². The van der Waals surface area contributed by atoms with Gasteiger partial charge in [-0.15, -0.1) is 0 Å². The van der Waals surface area contributed by atoms with Crippen LogP contribution >= 0.6 is 0 Å². The molecular formula is C21H22FN3. The Balaban J connectivity index is 1.87. The van der Waals surface area contributed by atoms with E-state index in [2.05, 4.69) is 27.3 Å². The van der Waals surface area contributed by atoms with Gasteiger partial charge in [0.2, 0.25) is 0 Å². The molecule has 4 heteroatoms. The van der Waals surface area contributed by atoms with Gasteiger partial charge in [0.15, 0.2) is 0 Å². The summed E-state index contributed by atoms with van der Waals surface area (Å²) >= 11 is 0. The molecule has 0 radical (unpaired) electrons. The molecule has 0 bridgehead atoms. The van der Waals surface area contributed by atoms with E-state index in [9.17, 15) is 4.39 Å². The molecule has 0 amide bonds. The van der Waals surface area contributed by atoms with Crippen LogP contribution in [0.25, 0.3) is 10.9 Å². The van der Waals surface area contributed by atoms with Crippen molar-refractivity contribution in [2.45, 2.75) is 12.5 Å². The number of halogens is 1. The van der Waals surface area contributed by atoms with Gasteiger partial charge in [0.25, 0.3) is 0 Å². The van der Waals surface area contributed by atoms with E-state index in [0.29, 0.717) is 0 Å². The fourth-order valence-electron chi connectivity index (χ4n) is 3.74. The van der Waals surface area contributed by atoms with Crippen molar-refractivity contribution in [1.82, 2.24) is 15.2 Å². The van der Waals surface area contributed by atoms with E-state index >= 15 is 0 Å². The second-order valence-electron chi connectivity index (χ2n) is 6.51. The minimum absolute atomic E-state index is 0.0310. The Labute approximate surface area is 147 Å². The lowest BCUT2D eigenvalue weighted by molar-refractivity contribution is 0.242. The minimum atomic E-state index is -0.186. The quantitative estimate of drug-likeness (QED) is 0.790. The molecule has 1 aromatic heterocycles. The summed E-state index contributed by atoms with van der Waals surface area (Å²) in [6, 6.07) is 17.3. The molecule has 0 spiro atoms. The van der Waals surface area contributed by atoms with Crippen LogP contribution in [0.4, 0.5) is 4.39 Å². The first-order chi connectivity index (χ1) is 12.3. The third kappa shape index (κ3) is 3.41. The summed E-state index contributed by atoms with van der Waals surface area (Å²) in [5, 5.41) is 4.59. The van der Waals surface area contributed by atoms with E-state index < -0.39 is 0 Å². The van der Waals surface area contributed by atoms with Crippen LogP contribution in [-0.2, 0) is 0 Å². The summed E-state index contributed by atoms with van der Waals surface area (Å²) < 4.78 is 14.0. The largest absolute Gasteiger partial charge is 0.315 e. The lowest BCUT2D eigenvalue weighted by Crippen LogP contribution is -2.33. The monoisotopic (exact) mass is 335 g/mol. The van der Waals surface area contributed by atoms with E-state index in [4.69, 9.17) is 0 Å². The van der Waals surface area contributed by atoms with Gasteiger partial charge in [0, 0.05) is 31.2 Å². The van der Waals surface area contributed by atoms with Crippen LogP contribution in [0.3, 0.4) is 0 Å². The highest BCUT2D eigenvalue weighted by molar-refractivity contribution is 5.82. The van der Waals surface area contributed by atoms with Gasteiger partial charge in [0.05, 0.1) is 11.6 Å². The predicted molar refractivity (Wildman–Crippen MR) is 99.0 cm³/mol. The zero-order chi connectivity index (χ0) is 17.1. The van der Waals surface area contributed by atoms with Crippen LogP contribution in [0.2, 0.25) is 0 Å². The average molecular weight is 335 g/mol. The fourth-order valence-corrected chi connectivity index (χ4v) is 3.74. The Bertz CT molecular complexity index is 851. The Kier molecular flexibility index (Phi) is 4.72. The van der Waals surface area contributed by atoms with Crippen LogP contribution in [0.5, 0.6) is 0 Å². The van der Waals surface area contributed by atoms with Crippen molar-refractivity contribution in [3.8, 4) is 0 Å². The van der Waals surface area contributed by atoms with Gasteiger partial charge in [-0.2, -0.15) is 0 Å². The first-order valence-corrected chi connectivity index (χ1v) is 8.87. The van der Waals surface area contributed by atoms with E-state index in [1.54, 1.807) is 12.1 Å². The highest BCUT2D eigenvalue weighted by Gasteiger charge is 2.25. The highest BCUT2D eigenvalue weighted by atomic mass is 19.1. The molecule has 1 fully saturated rings. The molecule has 4 rings (SSSR count).